The third kappa shape index (κ3) is 4.68. The molecule has 0 radical (unpaired) electrons. The molecule has 0 aliphatic carbocycles. The Morgan fingerprint density at radius 2 is 2.04 bits per heavy atom. The Labute approximate surface area is 156 Å². The van der Waals surface area contributed by atoms with Crippen LogP contribution in [0.4, 0.5) is 0 Å². The highest BCUT2D eigenvalue weighted by Gasteiger charge is 2.23. The molecule has 1 atom stereocenters. The summed E-state index contributed by atoms with van der Waals surface area (Å²) in [6.45, 7) is 1.60. The van der Waals surface area contributed by atoms with E-state index in [1.165, 1.54) is 5.56 Å². The fraction of sp³-hybridized carbons (Fsp3) is 0.333. The molecule has 1 aliphatic heterocycles. The number of carbonyl (C=O) groups is 1. The van der Waals surface area contributed by atoms with E-state index in [4.69, 9.17) is 11.6 Å². The van der Waals surface area contributed by atoms with Crippen LogP contribution in [0.25, 0.3) is 0 Å². The molecule has 0 spiro atoms. The molecule has 6 heteroatoms. The molecule has 126 valence electrons. The fourth-order valence-corrected chi connectivity index (χ4v) is 5.06. The number of benzene rings is 1. The van der Waals surface area contributed by atoms with Crippen molar-refractivity contribution in [3.05, 3.63) is 59.4 Å². The highest BCUT2D eigenvalue weighted by atomic mass is 35.5. The molecular weight excluding hydrogens is 360 g/mol. The minimum absolute atomic E-state index is 0.206. The van der Waals surface area contributed by atoms with Crippen molar-refractivity contribution in [2.75, 3.05) is 24.6 Å². The van der Waals surface area contributed by atoms with Gasteiger partial charge in [-0.05, 0) is 30.2 Å². The van der Waals surface area contributed by atoms with Crippen LogP contribution in [-0.4, -0.2) is 40.4 Å². The number of nitrogens with zero attached hydrogens (tertiary/aromatic N) is 2. The van der Waals surface area contributed by atoms with Gasteiger partial charge in [-0.2, -0.15) is 11.8 Å². The molecule has 1 saturated heterocycles. The zero-order chi connectivity index (χ0) is 16.8. The van der Waals surface area contributed by atoms with Gasteiger partial charge in [0.25, 0.3) is 0 Å². The Morgan fingerprint density at radius 3 is 2.83 bits per heavy atom. The maximum Gasteiger partial charge on any atom is 0.232 e. The topological polar surface area (TPSA) is 33.2 Å². The SMILES string of the molecule is O=C(CSc1ccncc1)N1CCS[C@@H](c2ccccc2Cl)CC1. The van der Waals surface area contributed by atoms with E-state index in [2.05, 4.69) is 11.1 Å². The number of rotatable bonds is 4. The largest absolute Gasteiger partial charge is 0.341 e. The van der Waals surface area contributed by atoms with E-state index in [-0.39, 0.29) is 5.91 Å². The zero-order valence-corrected chi connectivity index (χ0v) is 15.6. The van der Waals surface area contributed by atoms with E-state index in [0.29, 0.717) is 11.0 Å². The summed E-state index contributed by atoms with van der Waals surface area (Å²) in [7, 11) is 0. The number of carbonyl (C=O) groups excluding carboxylic acids is 1. The van der Waals surface area contributed by atoms with Crippen LogP contribution in [0.1, 0.15) is 17.2 Å². The molecule has 3 rings (SSSR count). The molecule has 0 unspecified atom stereocenters. The van der Waals surface area contributed by atoms with Crippen LogP contribution in [0.5, 0.6) is 0 Å². The van der Waals surface area contributed by atoms with Crippen molar-refractivity contribution in [3.63, 3.8) is 0 Å². The number of thioether (sulfide) groups is 2. The Morgan fingerprint density at radius 1 is 1.25 bits per heavy atom. The van der Waals surface area contributed by atoms with Crippen LogP contribution in [0.2, 0.25) is 5.02 Å². The first-order valence-electron chi connectivity index (χ1n) is 7.90. The highest BCUT2D eigenvalue weighted by Crippen LogP contribution is 2.37. The average molecular weight is 379 g/mol. The first-order valence-corrected chi connectivity index (χ1v) is 10.3. The fourth-order valence-electron chi connectivity index (χ4n) is 2.68. The maximum absolute atomic E-state index is 12.5. The monoisotopic (exact) mass is 378 g/mol. The predicted molar refractivity (Wildman–Crippen MR) is 103 cm³/mol. The summed E-state index contributed by atoms with van der Waals surface area (Å²) in [5, 5.41) is 1.19. The van der Waals surface area contributed by atoms with Crippen LogP contribution >= 0.6 is 35.1 Å². The minimum Gasteiger partial charge on any atom is -0.341 e. The number of pyridine rings is 1. The molecule has 24 heavy (non-hydrogen) atoms. The summed E-state index contributed by atoms with van der Waals surface area (Å²) in [6.07, 6.45) is 4.45. The number of hydrogen-bond donors (Lipinski definition) is 0. The number of amides is 1. The molecule has 2 aromatic rings. The Hall–Kier alpha value is -1.17. The lowest BCUT2D eigenvalue weighted by Gasteiger charge is -2.20. The molecule has 1 fully saturated rings. The van der Waals surface area contributed by atoms with Crippen LogP contribution in [0, 0.1) is 0 Å². The summed E-state index contributed by atoms with van der Waals surface area (Å²) < 4.78 is 0. The Bertz CT molecular complexity index is 684. The second-order valence-corrected chi connectivity index (χ2v) is 8.29. The molecule has 0 bridgehead atoms. The van der Waals surface area contributed by atoms with E-state index < -0.39 is 0 Å². The van der Waals surface area contributed by atoms with Gasteiger partial charge in [0.1, 0.15) is 0 Å². The molecule has 0 N–H and O–H groups in total. The number of aromatic nitrogens is 1. The van der Waals surface area contributed by atoms with Crippen molar-refractivity contribution in [1.29, 1.82) is 0 Å². The van der Waals surface area contributed by atoms with Crippen molar-refractivity contribution in [3.8, 4) is 0 Å². The molecule has 1 aromatic heterocycles. The summed E-state index contributed by atoms with van der Waals surface area (Å²) in [4.78, 5) is 19.5. The molecule has 1 amide bonds. The summed E-state index contributed by atoms with van der Waals surface area (Å²) in [6, 6.07) is 11.9. The van der Waals surface area contributed by atoms with Gasteiger partial charge in [-0.3, -0.25) is 9.78 Å². The van der Waals surface area contributed by atoms with E-state index in [1.807, 2.05) is 47.0 Å². The third-order valence-corrected chi connectivity index (χ3v) is 6.61. The van der Waals surface area contributed by atoms with E-state index in [1.54, 1.807) is 24.2 Å². The zero-order valence-electron chi connectivity index (χ0n) is 13.2. The molecular formula is C18H19ClN2OS2. The van der Waals surface area contributed by atoms with Crippen molar-refractivity contribution in [2.45, 2.75) is 16.6 Å². The van der Waals surface area contributed by atoms with Crippen LogP contribution < -0.4 is 0 Å². The van der Waals surface area contributed by atoms with Crippen LogP contribution in [0.15, 0.2) is 53.7 Å². The van der Waals surface area contributed by atoms with Gasteiger partial charge in [0.05, 0.1) is 5.75 Å². The van der Waals surface area contributed by atoms with Crippen LogP contribution in [0.3, 0.4) is 0 Å². The van der Waals surface area contributed by atoms with Crippen molar-refractivity contribution < 1.29 is 4.79 Å². The van der Waals surface area contributed by atoms with E-state index >= 15 is 0 Å². The molecule has 1 aromatic carbocycles. The first-order chi connectivity index (χ1) is 11.7. The standard InChI is InChI=1S/C18H19ClN2OS2/c19-16-4-2-1-3-15(16)17-7-10-21(11-12-23-17)18(22)13-24-14-5-8-20-9-6-14/h1-6,8-9,17H,7,10-13H2/t17-/m1/s1. The molecule has 1 aliphatic rings. The summed E-state index contributed by atoms with van der Waals surface area (Å²) >= 11 is 9.79. The Kier molecular flexibility index (Phi) is 6.46. The minimum atomic E-state index is 0.206. The van der Waals surface area contributed by atoms with Crippen molar-refractivity contribution in [2.24, 2.45) is 0 Å². The van der Waals surface area contributed by atoms with Gasteiger partial charge < -0.3 is 4.90 Å². The quantitative estimate of drug-likeness (QED) is 0.731. The number of hydrogen-bond acceptors (Lipinski definition) is 4. The van der Waals surface area contributed by atoms with Gasteiger partial charge in [0.15, 0.2) is 0 Å². The average Bonchev–Trinajstić information content (AvgIpc) is 2.87. The summed E-state index contributed by atoms with van der Waals surface area (Å²) in [5.74, 6) is 1.63. The van der Waals surface area contributed by atoms with Gasteiger partial charge >= 0.3 is 0 Å². The lowest BCUT2D eigenvalue weighted by atomic mass is 10.1. The Balaban J connectivity index is 1.55. The van der Waals surface area contributed by atoms with Gasteiger partial charge in [0, 0.05) is 46.4 Å². The van der Waals surface area contributed by atoms with Gasteiger partial charge in [-0.15, -0.1) is 11.8 Å². The lowest BCUT2D eigenvalue weighted by Crippen LogP contribution is -2.34. The van der Waals surface area contributed by atoms with E-state index in [0.717, 1.165) is 35.2 Å². The normalized spacial score (nSPS) is 18.2. The van der Waals surface area contributed by atoms with E-state index in [9.17, 15) is 4.79 Å². The second-order valence-electron chi connectivity index (χ2n) is 5.52. The van der Waals surface area contributed by atoms with Gasteiger partial charge in [-0.25, -0.2) is 0 Å². The predicted octanol–water partition coefficient (Wildman–Crippen LogP) is 4.53. The number of halogens is 1. The first kappa shape index (κ1) is 17.6. The maximum atomic E-state index is 12.5. The van der Waals surface area contributed by atoms with Gasteiger partial charge in [0.2, 0.25) is 5.91 Å². The third-order valence-electron chi connectivity index (χ3n) is 3.96. The molecule has 3 nitrogen and oxygen atoms in total. The molecule has 2 heterocycles. The highest BCUT2D eigenvalue weighted by molar-refractivity contribution is 8.00. The lowest BCUT2D eigenvalue weighted by molar-refractivity contribution is -0.128. The van der Waals surface area contributed by atoms with Crippen molar-refractivity contribution >= 4 is 41.0 Å². The smallest absolute Gasteiger partial charge is 0.232 e. The second kappa shape index (κ2) is 8.79. The van der Waals surface area contributed by atoms with Crippen LogP contribution in [-0.2, 0) is 4.79 Å². The van der Waals surface area contributed by atoms with Crippen molar-refractivity contribution in [1.82, 2.24) is 9.88 Å². The summed E-state index contributed by atoms with van der Waals surface area (Å²) in [5.41, 5.74) is 1.18. The van der Waals surface area contributed by atoms with Gasteiger partial charge in [-0.1, -0.05) is 29.8 Å². The molecule has 0 saturated carbocycles.